The van der Waals surface area contributed by atoms with Gasteiger partial charge >= 0.3 is 5.63 Å². The third-order valence-corrected chi connectivity index (χ3v) is 4.49. The normalized spacial score (nSPS) is 18.9. The summed E-state index contributed by atoms with van der Waals surface area (Å²) in [5, 5.41) is 10.1. The average Bonchev–Trinajstić information content (AvgIpc) is 3.19. The number of furan rings is 1. The van der Waals surface area contributed by atoms with Gasteiger partial charge in [-0.15, -0.1) is 0 Å². The molecule has 0 bridgehead atoms. The average molecular weight is 366 g/mol. The van der Waals surface area contributed by atoms with Gasteiger partial charge in [-0.2, -0.15) is 0 Å². The molecule has 4 rings (SSSR count). The highest BCUT2D eigenvalue weighted by Gasteiger charge is 2.32. The van der Waals surface area contributed by atoms with E-state index in [1.807, 2.05) is 24.3 Å². The van der Waals surface area contributed by atoms with Crippen LogP contribution in [0.1, 0.15) is 35.0 Å². The topological polar surface area (TPSA) is 82.0 Å². The molecule has 6 nitrogen and oxygen atoms in total. The van der Waals surface area contributed by atoms with Crippen molar-refractivity contribution in [2.45, 2.75) is 18.6 Å². The van der Waals surface area contributed by atoms with Crippen molar-refractivity contribution in [1.29, 1.82) is 0 Å². The van der Waals surface area contributed by atoms with Gasteiger partial charge in [-0.3, -0.25) is 0 Å². The number of hydrogen-bond acceptors (Lipinski definition) is 6. The molecule has 1 N–H and O–H groups in total. The molecule has 0 aliphatic carbocycles. The fourth-order valence-electron chi connectivity index (χ4n) is 3.20. The molecule has 3 aromatic rings. The maximum atomic E-state index is 12.6. The summed E-state index contributed by atoms with van der Waals surface area (Å²) in [6.45, 7) is 0. The minimum absolute atomic E-state index is 0.270. The van der Waals surface area contributed by atoms with Crippen LogP contribution in [0, 0.1) is 0 Å². The van der Waals surface area contributed by atoms with E-state index in [9.17, 15) is 9.90 Å². The molecule has 1 unspecified atom stereocenters. The Morgan fingerprint density at radius 3 is 2.63 bits per heavy atom. The van der Waals surface area contributed by atoms with E-state index in [2.05, 4.69) is 0 Å². The van der Waals surface area contributed by atoms with Crippen molar-refractivity contribution >= 4 is 12.2 Å². The van der Waals surface area contributed by atoms with Gasteiger partial charge in [0.25, 0.3) is 0 Å². The quantitative estimate of drug-likeness (QED) is 0.759. The summed E-state index contributed by atoms with van der Waals surface area (Å²) in [6.07, 6.45) is 4.12. The molecule has 1 aliphatic rings. The number of fused-ring (bicyclic) bond motifs is 1. The summed E-state index contributed by atoms with van der Waals surface area (Å²) < 4.78 is 21.3. The van der Waals surface area contributed by atoms with E-state index in [-0.39, 0.29) is 12.3 Å². The molecule has 3 heterocycles. The zero-order valence-electron chi connectivity index (χ0n) is 14.6. The van der Waals surface area contributed by atoms with E-state index in [0.29, 0.717) is 22.8 Å². The first-order chi connectivity index (χ1) is 13.1. The standard InChI is InChI=1S/C21H18O6/c1-24-14-6-4-13(5-7-14)17-12-19(22)27-18-11-16(26-21(23)20(17)18)9-8-15-3-2-10-25-15/h2-11,17,19,22H,12H2,1H3/b9-8+/t17-,19?/m0/s1. The highest BCUT2D eigenvalue weighted by atomic mass is 16.6. The van der Waals surface area contributed by atoms with Crippen molar-refractivity contribution in [2.75, 3.05) is 7.11 Å². The maximum Gasteiger partial charge on any atom is 0.343 e. The first-order valence-corrected chi connectivity index (χ1v) is 8.52. The number of aliphatic hydroxyl groups excluding tert-OH is 1. The van der Waals surface area contributed by atoms with Crippen molar-refractivity contribution < 1.29 is 23.4 Å². The van der Waals surface area contributed by atoms with Crippen molar-refractivity contribution in [3.8, 4) is 11.5 Å². The maximum absolute atomic E-state index is 12.6. The Hall–Kier alpha value is -3.25. The third-order valence-electron chi connectivity index (χ3n) is 4.49. The fraction of sp³-hybridized carbons (Fsp3) is 0.190. The molecular weight excluding hydrogens is 348 g/mol. The lowest BCUT2D eigenvalue weighted by molar-refractivity contribution is -0.0369. The van der Waals surface area contributed by atoms with E-state index in [0.717, 1.165) is 11.3 Å². The molecule has 2 aromatic heterocycles. The van der Waals surface area contributed by atoms with Crippen LogP contribution < -0.4 is 15.1 Å². The number of methoxy groups -OCH3 is 1. The van der Waals surface area contributed by atoms with E-state index >= 15 is 0 Å². The molecule has 1 aromatic carbocycles. The van der Waals surface area contributed by atoms with E-state index in [4.69, 9.17) is 18.3 Å². The first-order valence-electron chi connectivity index (χ1n) is 8.52. The van der Waals surface area contributed by atoms with Crippen molar-refractivity contribution in [1.82, 2.24) is 0 Å². The second-order valence-electron chi connectivity index (χ2n) is 6.20. The lowest BCUT2D eigenvalue weighted by atomic mass is 9.87. The number of benzene rings is 1. The number of hydrogen-bond donors (Lipinski definition) is 1. The Balaban J connectivity index is 1.72. The Kier molecular flexibility index (Phi) is 4.56. The van der Waals surface area contributed by atoms with Gasteiger partial charge in [0.1, 0.15) is 23.0 Å². The minimum atomic E-state index is -1.01. The van der Waals surface area contributed by atoms with Crippen LogP contribution in [0.15, 0.2) is 62.4 Å². The second-order valence-corrected chi connectivity index (χ2v) is 6.20. The van der Waals surface area contributed by atoms with Crippen LogP contribution in [0.25, 0.3) is 12.2 Å². The molecule has 27 heavy (non-hydrogen) atoms. The SMILES string of the molecule is COc1ccc([C@@H]2CC(O)Oc3cc(/C=C/c4ccco4)oc(=O)c32)cc1. The summed E-state index contributed by atoms with van der Waals surface area (Å²) in [5.74, 6) is 1.67. The van der Waals surface area contributed by atoms with Crippen LogP contribution in [0.5, 0.6) is 11.5 Å². The summed E-state index contributed by atoms with van der Waals surface area (Å²) in [4.78, 5) is 12.6. The Bertz CT molecular complexity index is 998. The molecule has 2 atom stereocenters. The summed E-state index contributed by atoms with van der Waals surface area (Å²) in [5.41, 5.74) is 0.797. The summed E-state index contributed by atoms with van der Waals surface area (Å²) in [6, 6.07) is 12.5. The first kappa shape index (κ1) is 17.2. The van der Waals surface area contributed by atoms with Crippen LogP contribution in [0.2, 0.25) is 0 Å². The molecule has 138 valence electrons. The molecule has 1 aliphatic heterocycles. The Labute approximate surface area is 155 Å². The predicted molar refractivity (Wildman–Crippen MR) is 98.7 cm³/mol. The van der Waals surface area contributed by atoms with E-state index in [1.54, 1.807) is 43.7 Å². The van der Waals surface area contributed by atoms with Crippen LogP contribution in [-0.4, -0.2) is 18.5 Å². The fourth-order valence-corrected chi connectivity index (χ4v) is 3.20. The molecule has 0 saturated carbocycles. The van der Waals surface area contributed by atoms with Gasteiger partial charge in [0, 0.05) is 18.4 Å². The Morgan fingerprint density at radius 2 is 1.93 bits per heavy atom. The third kappa shape index (κ3) is 3.52. The van der Waals surface area contributed by atoms with Crippen LogP contribution in [0.4, 0.5) is 0 Å². The van der Waals surface area contributed by atoms with Gasteiger partial charge in [0.15, 0.2) is 6.29 Å². The predicted octanol–water partition coefficient (Wildman–Crippen LogP) is 3.64. The minimum Gasteiger partial charge on any atom is -0.497 e. The molecular formula is C21H18O6. The largest absolute Gasteiger partial charge is 0.497 e. The van der Waals surface area contributed by atoms with Crippen LogP contribution in [0.3, 0.4) is 0 Å². The van der Waals surface area contributed by atoms with Gasteiger partial charge in [-0.25, -0.2) is 4.79 Å². The summed E-state index contributed by atoms with van der Waals surface area (Å²) >= 11 is 0. The van der Waals surface area contributed by atoms with Crippen molar-refractivity contribution in [3.63, 3.8) is 0 Å². The molecule has 0 amide bonds. The van der Waals surface area contributed by atoms with Crippen LogP contribution >= 0.6 is 0 Å². The summed E-state index contributed by atoms with van der Waals surface area (Å²) in [7, 11) is 1.59. The Morgan fingerprint density at radius 1 is 1.15 bits per heavy atom. The second kappa shape index (κ2) is 7.17. The molecule has 0 radical (unpaired) electrons. The zero-order valence-corrected chi connectivity index (χ0v) is 14.6. The lowest BCUT2D eigenvalue weighted by Gasteiger charge is -2.28. The highest BCUT2D eigenvalue weighted by Crippen LogP contribution is 2.39. The number of aliphatic hydroxyl groups is 1. The number of rotatable bonds is 4. The van der Waals surface area contributed by atoms with Crippen LogP contribution in [-0.2, 0) is 0 Å². The van der Waals surface area contributed by atoms with Crippen molar-refractivity contribution in [3.05, 3.63) is 81.8 Å². The zero-order chi connectivity index (χ0) is 18.8. The molecule has 0 saturated heterocycles. The molecule has 0 spiro atoms. The highest BCUT2D eigenvalue weighted by molar-refractivity contribution is 5.65. The van der Waals surface area contributed by atoms with Gasteiger partial charge in [-0.05, 0) is 42.0 Å². The van der Waals surface area contributed by atoms with Gasteiger partial charge in [0.05, 0.1) is 18.9 Å². The van der Waals surface area contributed by atoms with Gasteiger partial charge in [0.2, 0.25) is 0 Å². The molecule has 6 heteroatoms. The van der Waals surface area contributed by atoms with E-state index in [1.165, 1.54) is 0 Å². The monoisotopic (exact) mass is 366 g/mol. The van der Waals surface area contributed by atoms with Gasteiger partial charge in [-0.1, -0.05) is 12.1 Å². The van der Waals surface area contributed by atoms with Gasteiger partial charge < -0.3 is 23.4 Å². The molecule has 0 fully saturated rings. The van der Waals surface area contributed by atoms with Crippen molar-refractivity contribution in [2.24, 2.45) is 0 Å². The lowest BCUT2D eigenvalue weighted by Crippen LogP contribution is -2.30. The van der Waals surface area contributed by atoms with E-state index < -0.39 is 11.9 Å². The number of ether oxygens (including phenoxy) is 2. The smallest absolute Gasteiger partial charge is 0.343 e.